The molecule has 2 atom stereocenters. The monoisotopic (exact) mass is 638 g/mol. The van der Waals surface area contributed by atoms with E-state index in [0.29, 0.717) is 24.3 Å². The molecule has 1 amide bonds. The Kier molecular flexibility index (Phi) is 8.23. The molecular formula is C30H25F10NO3. The first-order valence-electron chi connectivity index (χ1n) is 13.4. The maximum Gasteiger partial charge on any atom is 0.416 e. The van der Waals surface area contributed by atoms with Crippen molar-refractivity contribution in [1.82, 2.24) is 4.90 Å². The normalized spacial score (nSPS) is 18.4. The van der Waals surface area contributed by atoms with Gasteiger partial charge in [0.2, 0.25) is 0 Å². The fourth-order valence-corrected chi connectivity index (χ4v) is 5.12. The zero-order chi connectivity index (χ0) is 33.9. The van der Waals surface area contributed by atoms with Crippen molar-refractivity contribution in [2.45, 2.75) is 63.9 Å². The molecule has 1 saturated heterocycles. The molecule has 0 unspecified atom stereocenters. The van der Waals surface area contributed by atoms with E-state index in [9.17, 15) is 44.3 Å². The number of hydrogen-bond donors (Lipinski definition) is 0. The molecule has 3 aromatic rings. The Morgan fingerprint density at radius 1 is 0.886 bits per heavy atom. The Bertz CT molecular complexity index is 1580. The maximum absolute atomic E-state index is 15.1. The molecule has 1 aliphatic heterocycles. The smallest absolute Gasteiger partial charge is 0.416 e. The molecule has 0 bridgehead atoms. The quantitative estimate of drug-likeness (QED) is 0.253. The molecule has 0 radical (unpaired) electrons. The first-order chi connectivity index (χ1) is 20.5. The van der Waals surface area contributed by atoms with Crippen molar-refractivity contribution >= 4 is 6.09 Å². The van der Waals surface area contributed by atoms with Crippen LogP contribution >= 0.6 is 0 Å². The molecule has 44 heavy (non-hydrogen) atoms. The van der Waals surface area contributed by atoms with Gasteiger partial charge in [-0.3, -0.25) is 4.90 Å². The number of carbonyl (C=O) groups is 1. The van der Waals surface area contributed by atoms with Crippen molar-refractivity contribution in [2.24, 2.45) is 0 Å². The molecule has 0 spiro atoms. The summed E-state index contributed by atoms with van der Waals surface area (Å²) in [5, 5.41) is 0. The molecule has 0 aliphatic carbocycles. The summed E-state index contributed by atoms with van der Waals surface area (Å²) in [6, 6.07) is 4.08. The van der Waals surface area contributed by atoms with Gasteiger partial charge in [-0.15, -0.1) is 0 Å². The standard InChI is InChI=1S/C30H25F10NO3/c1-14(2)24-22(31)7-8-23(43-4)25(24)21-6-5-18(28(32,33)34)11-17(21)13-41-15(3)26(44-27(41)42)16-9-19(29(35,36)37)12-20(10-16)30(38,39)40/h5-12,14-15,26H,13H2,1-4H3/t15-,26-/m0/s1/i14D. The molecule has 238 valence electrons. The topological polar surface area (TPSA) is 38.8 Å². The van der Waals surface area contributed by atoms with Crippen LogP contribution in [-0.4, -0.2) is 24.1 Å². The van der Waals surface area contributed by atoms with Crippen LogP contribution in [0, 0.1) is 5.82 Å². The van der Waals surface area contributed by atoms with Gasteiger partial charge in [0.1, 0.15) is 17.7 Å². The van der Waals surface area contributed by atoms with Gasteiger partial charge >= 0.3 is 24.6 Å². The predicted molar refractivity (Wildman–Crippen MR) is 138 cm³/mol. The number of ether oxygens (including phenoxy) is 2. The van der Waals surface area contributed by atoms with Crippen LogP contribution in [0.1, 0.15) is 67.5 Å². The molecule has 4 rings (SSSR count). The van der Waals surface area contributed by atoms with E-state index in [1.165, 1.54) is 33.9 Å². The van der Waals surface area contributed by atoms with Gasteiger partial charge in [0.05, 0.1) is 36.4 Å². The minimum Gasteiger partial charge on any atom is -0.496 e. The van der Waals surface area contributed by atoms with E-state index in [0.717, 1.165) is 17.0 Å². The van der Waals surface area contributed by atoms with E-state index in [4.69, 9.17) is 10.8 Å². The lowest BCUT2D eigenvalue weighted by Crippen LogP contribution is -2.32. The Hall–Kier alpha value is -3.97. The maximum atomic E-state index is 15.1. The van der Waals surface area contributed by atoms with Crippen LogP contribution in [-0.2, 0) is 29.8 Å². The zero-order valence-electron chi connectivity index (χ0n) is 24.4. The number of amides is 1. The fourth-order valence-electron chi connectivity index (χ4n) is 5.12. The number of nitrogens with zero attached hydrogens (tertiary/aromatic N) is 1. The third kappa shape index (κ3) is 6.43. The lowest BCUT2D eigenvalue weighted by atomic mass is 9.88. The minimum absolute atomic E-state index is 0.00805. The summed E-state index contributed by atoms with van der Waals surface area (Å²) in [6.07, 6.45) is -18.1. The van der Waals surface area contributed by atoms with Crippen molar-refractivity contribution in [3.63, 3.8) is 0 Å². The van der Waals surface area contributed by atoms with Gasteiger partial charge in [-0.1, -0.05) is 19.9 Å². The highest BCUT2D eigenvalue weighted by Gasteiger charge is 2.44. The van der Waals surface area contributed by atoms with Crippen LogP contribution in [0.15, 0.2) is 48.5 Å². The molecule has 1 fully saturated rings. The molecule has 1 heterocycles. The second-order valence-electron chi connectivity index (χ2n) is 10.4. The van der Waals surface area contributed by atoms with Crippen LogP contribution in [0.2, 0.25) is 0 Å². The molecule has 1 aliphatic rings. The average molecular weight is 639 g/mol. The largest absolute Gasteiger partial charge is 0.496 e. The first kappa shape index (κ1) is 31.5. The predicted octanol–water partition coefficient (Wildman–Crippen LogP) is 9.76. The van der Waals surface area contributed by atoms with Crippen molar-refractivity contribution in [3.05, 3.63) is 87.7 Å². The summed E-state index contributed by atoms with van der Waals surface area (Å²) < 4.78 is 156. The fraction of sp³-hybridized carbons (Fsp3) is 0.367. The van der Waals surface area contributed by atoms with E-state index in [1.807, 2.05) is 0 Å². The number of carbonyl (C=O) groups excluding carboxylic acids is 1. The molecule has 0 saturated carbocycles. The summed E-state index contributed by atoms with van der Waals surface area (Å²) >= 11 is 0. The first-order valence-corrected chi connectivity index (χ1v) is 12.9. The van der Waals surface area contributed by atoms with Crippen LogP contribution in [0.4, 0.5) is 48.7 Å². The van der Waals surface area contributed by atoms with E-state index in [2.05, 4.69) is 0 Å². The summed E-state index contributed by atoms with van der Waals surface area (Å²) in [5.74, 6) is -2.51. The number of rotatable bonds is 6. The number of halogens is 10. The molecule has 4 nitrogen and oxygen atoms in total. The zero-order valence-corrected chi connectivity index (χ0v) is 23.4. The number of benzene rings is 3. The van der Waals surface area contributed by atoms with Crippen molar-refractivity contribution in [1.29, 1.82) is 0 Å². The van der Waals surface area contributed by atoms with Gasteiger partial charge in [-0.25, -0.2) is 9.18 Å². The van der Waals surface area contributed by atoms with Crippen LogP contribution in [0.3, 0.4) is 0 Å². The van der Waals surface area contributed by atoms with Crippen LogP contribution in [0.25, 0.3) is 11.1 Å². The number of cyclic esters (lactones) is 1. The molecule has 3 aromatic carbocycles. The summed E-state index contributed by atoms with van der Waals surface area (Å²) in [5.41, 5.74) is -5.68. The highest BCUT2D eigenvalue weighted by Crippen LogP contribution is 2.45. The van der Waals surface area contributed by atoms with E-state index < -0.39 is 77.3 Å². The van der Waals surface area contributed by atoms with E-state index in [-0.39, 0.29) is 34.1 Å². The van der Waals surface area contributed by atoms with E-state index in [1.54, 1.807) is 0 Å². The highest BCUT2D eigenvalue weighted by molar-refractivity contribution is 5.79. The lowest BCUT2D eigenvalue weighted by molar-refractivity contribution is -0.143. The van der Waals surface area contributed by atoms with Gasteiger partial charge in [-0.2, -0.15) is 39.5 Å². The SMILES string of the molecule is [2H]C(C)(C)c1c(F)ccc(OC)c1-c1ccc(C(F)(F)F)cc1CN1C(=O)O[C@H](c2cc(C(F)(F)F)cc(C(F)(F)F)c2)[C@@H]1C. The number of hydrogen-bond acceptors (Lipinski definition) is 3. The van der Waals surface area contributed by atoms with Crippen molar-refractivity contribution in [2.75, 3.05) is 7.11 Å². The highest BCUT2D eigenvalue weighted by atomic mass is 19.4. The minimum atomic E-state index is -5.18. The van der Waals surface area contributed by atoms with Crippen LogP contribution < -0.4 is 4.74 Å². The second-order valence-corrected chi connectivity index (χ2v) is 10.4. The van der Waals surface area contributed by atoms with E-state index >= 15 is 4.39 Å². The second kappa shape index (κ2) is 11.5. The molecule has 0 N–H and O–H groups in total. The van der Waals surface area contributed by atoms with Crippen molar-refractivity contribution < 1.29 is 59.5 Å². The molecular weight excluding hydrogens is 612 g/mol. The molecule has 14 heteroatoms. The average Bonchev–Trinajstić information content (AvgIpc) is 3.19. The summed E-state index contributed by atoms with van der Waals surface area (Å²) in [4.78, 5) is 13.8. The Labute approximate surface area is 246 Å². The third-order valence-electron chi connectivity index (χ3n) is 7.21. The summed E-state index contributed by atoms with van der Waals surface area (Å²) in [7, 11) is 1.22. The summed E-state index contributed by atoms with van der Waals surface area (Å²) in [6.45, 7) is 3.25. The Morgan fingerprint density at radius 3 is 1.95 bits per heavy atom. The Morgan fingerprint density at radius 2 is 1.45 bits per heavy atom. The van der Waals surface area contributed by atoms with Crippen LogP contribution in [0.5, 0.6) is 5.75 Å². The van der Waals surface area contributed by atoms with Gasteiger partial charge < -0.3 is 9.47 Å². The number of methoxy groups -OCH3 is 1. The van der Waals surface area contributed by atoms with Gasteiger partial charge in [0.15, 0.2) is 0 Å². The van der Waals surface area contributed by atoms with Gasteiger partial charge in [0.25, 0.3) is 0 Å². The van der Waals surface area contributed by atoms with Gasteiger partial charge in [-0.05, 0) is 72.0 Å². The third-order valence-corrected chi connectivity index (χ3v) is 7.21. The van der Waals surface area contributed by atoms with Gasteiger partial charge in [0, 0.05) is 12.5 Å². The lowest BCUT2D eigenvalue weighted by Gasteiger charge is -2.25. The molecule has 0 aromatic heterocycles. The number of alkyl halides is 9. The Balaban J connectivity index is 1.86. The van der Waals surface area contributed by atoms with Crippen molar-refractivity contribution in [3.8, 4) is 16.9 Å².